The quantitative estimate of drug-likeness (QED) is 0.613. The van der Waals surface area contributed by atoms with E-state index in [1.54, 1.807) is 0 Å². The molecule has 1 aliphatic heterocycles. The maximum absolute atomic E-state index is 3.47. The van der Waals surface area contributed by atoms with E-state index in [1.165, 1.54) is 19.4 Å². The largest absolute Gasteiger partial charge is 0.315 e. The third-order valence-electron chi connectivity index (χ3n) is 2.84. The van der Waals surface area contributed by atoms with Crippen LogP contribution in [0.25, 0.3) is 0 Å². The highest BCUT2D eigenvalue weighted by atomic mass is 15.2. The molecule has 1 rings (SSSR count). The Morgan fingerprint density at radius 1 is 1.55 bits per heavy atom. The number of nitrogens with zero attached hydrogens (tertiary/aromatic N) is 1. The van der Waals surface area contributed by atoms with Crippen molar-refractivity contribution in [3.8, 4) is 0 Å². The van der Waals surface area contributed by atoms with E-state index in [1.807, 2.05) is 0 Å². The van der Waals surface area contributed by atoms with Gasteiger partial charge < -0.3 is 5.32 Å². The number of hydrogen-bond donors (Lipinski definition) is 1. The third-order valence-corrected chi connectivity index (χ3v) is 2.84. The Hall–Kier alpha value is -0.0800. The van der Waals surface area contributed by atoms with Crippen LogP contribution in [0.3, 0.4) is 0 Å². The minimum absolute atomic E-state index is 0.454. The van der Waals surface area contributed by atoms with Gasteiger partial charge in [0.2, 0.25) is 0 Å². The molecule has 0 spiro atoms. The Bertz CT molecular complexity index is 125. The van der Waals surface area contributed by atoms with Crippen LogP contribution in [0.1, 0.15) is 26.7 Å². The fraction of sp³-hybridized carbons (Fsp3) is 1.00. The molecule has 1 heterocycles. The van der Waals surface area contributed by atoms with E-state index in [2.05, 4.69) is 31.1 Å². The van der Waals surface area contributed by atoms with Gasteiger partial charge in [0.1, 0.15) is 0 Å². The lowest BCUT2D eigenvalue weighted by molar-refractivity contribution is 0.0284. The second kappa shape index (κ2) is 3.55. The van der Waals surface area contributed by atoms with Crippen molar-refractivity contribution in [3.05, 3.63) is 0 Å². The molecule has 1 fully saturated rings. The summed E-state index contributed by atoms with van der Waals surface area (Å²) in [4.78, 5) is 2.43. The predicted molar refractivity (Wildman–Crippen MR) is 48.8 cm³/mol. The lowest BCUT2D eigenvalue weighted by atomic mass is 9.87. The maximum atomic E-state index is 3.47. The van der Waals surface area contributed by atoms with Gasteiger partial charge in [-0.3, -0.25) is 4.90 Å². The Morgan fingerprint density at radius 3 is 2.64 bits per heavy atom. The van der Waals surface area contributed by atoms with Gasteiger partial charge >= 0.3 is 0 Å². The van der Waals surface area contributed by atoms with Crippen LogP contribution in [-0.2, 0) is 0 Å². The zero-order valence-corrected chi connectivity index (χ0v) is 7.98. The van der Waals surface area contributed by atoms with Crippen LogP contribution in [0.4, 0.5) is 0 Å². The van der Waals surface area contributed by atoms with E-state index in [-0.39, 0.29) is 0 Å². The molecule has 2 nitrogen and oxygen atoms in total. The smallest absolute Gasteiger partial charge is 0.0314 e. The first-order chi connectivity index (χ1) is 5.19. The summed E-state index contributed by atoms with van der Waals surface area (Å²) in [5.41, 5.74) is 0.454. The van der Waals surface area contributed by atoms with Gasteiger partial charge in [0.05, 0.1) is 0 Å². The van der Waals surface area contributed by atoms with Gasteiger partial charge in [0.25, 0.3) is 0 Å². The van der Waals surface area contributed by atoms with E-state index in [4.69, 9.17) is 0 Å². The van der Waals surface area contributed by atoms with Crippen LogP contribution < -0.4 is 5.32 Å². The Kier molecular flexibility index (Phi) is 2.90. The van der Waals surface area contributed by atoms with Crippen LogP contribution in [0.2, 0.25) is 0 Å². The fourth-order valence-electron chi connectivity index (χ4n) is 1.47. The summed E-state index contributed by atoms with van der Waals surface area (Å²) < 4.78 is 0. The topological polar surface area (TPSA) is 15.3 Å². The van der Waals surface area contributed by atoms with Crippen LogP contribution in [0, 0.1) is 0 Å². The van der Waals surface area contributed by atoms with Gasteiger partial charge in [0, 0.05) is 18.6 Å². The Morgan fingerprint density at radius 2 is 2.27 bits per heavy atom. The molecule has 1 aliphatic rings. The zero-order valence-electron chi connectivity index (χ0n) is 7.98. The summed E-state index contributed by atoms with van der Waals surface area (Å²) in [5.74, 6) is 0. The predicted octanol–water partition coefficient (Wildman–Crippen LogP) is 1.08. The molecule has 1 saturated heterocycles. The van der Waals surface area contributed by atoms with Crippen LogP contribution in [-0.4, -0.2) is 37.1 Å². The molecule has 1 N–H and O–H groups in total. The van der Waals surface area contributed by atoms with Gasteiger partial charge in [0.15, 0.2) is 0 Å². The van der Waals surface area contributed by atoms with Crippen LogP contribution in [0.5, 0.6) is 0 Å². The summed E-state index contributed by atoms with van der Waals surface area (Å²) in [7, 11) is 2.21. The normalized spacial score (nSPS) is 31.9. The number of nitrogens with one attached hydrogen (secondary N) is 1. The summed E-state index contributed by atoms with van der Waals surface area (Å²) in [6, 6.07) is 0. The van der Waals surface area contributed by atoms with Crippen molar-refractivity contribution >= 4 is 0 Å². The average Bonchev–Trinajstić information content (AvgIpc) is 2.02. The molecular weight excluding hydrogens is 136 g/mol. The number of rotatable bonds is 4. The highest BCUT2D eigenvalue weighted by Gasteiger charge is 2.36. The number of likely N-dealkylation sites (tertiary alicyclic amines) is 1. The monoisotopic (exact) mass is 156 g/mol. The summed E-state index contributed by atoms with van der Waals surface area (Å²) in [6.07, 6.45) is 2.58. The molecule has 0 bridgehead atoms. The molecule has 0 aliphatic carbocycles. The minimum atomic E-state index is 0.454. The van der Waals surface area contributed by atoms with Gasteiger partial charge in [-0.15, -0.1) is 0 Å². The molecule has 0 aromatic carbocycles. The van der Waals surface area contributed by atoms with Gasteiger partial charge in [-0.25, -0.2) is 0 Å². The van der Waals surface area contributed by atoms with Crippen molar-refractivity contribution in [2.24, 2.45) is 0 Å². The second-order valence-corrected chi connectivity index (χ2v) is 3.85. The Labute approximate surface area is 70.0 Å². The van der Waals surface area contributed by atoms with E-state index in [0.717, 1.165) is 13.1 Å². The lowest BCUT2D eigenvalue weighted by Crippen LogP contribution is -2.60. The molecule has 0 aromatic heterocycles. The maximum Gasteiger partial charge on any atom is 0.0314 e. The van der Waals surface area contributed by atoms with E-state index >= 15 is 0 Å². The van der Waals surface area contributed by atoms with Crippen LogP contribution in [0.15, 0.2) is 0 Å². The molecule has 0 saturated carbocycles. The number of hydrogen-bond acceptors (Lipinski definition) is 2. The molecule has 2 heteroatoms. The second-order valence-electron chi connectivity index (χ2n) is 3.85. The zero-order chi connectivity index (χ0) is 8.32. The van der Waals surface area contributed by atoms with Gasteiger partial charge in [-0.1, -0.05) is 6.92 Å². The average molecular weight is 156 g/mol. The molecule has 0 aromatic rings. The third kappa shape index (κ3) is 1.94. The first-order valence-electron chi connectivity index (χ1n) is 4.61. The lowest BCUT2D eigenvalue weighted by Gasteiger charge is -2.48. The molecule has 1 unspecified atom stereocenters. The standard InChI is InChI=1S/C9H20N2/c1-4-6-10-8-9(2)5-7-11(9)3/h10H,4-8H2,1-3H3. The molecule has 0 amide bonds. The molecule has 0 radical (unpaired) electrons. The first kappa shape index (κ1) is 9.01. The highest BCUT2D eigenvalue weighted by Crippen LogP contribution is 2.26. The first-order valence-corrected chi connectivity index (χ1v) is 4.61. The van der Waals surface area contributed by atoms with Crippen LogP contribution >= 0.6 is 0 Å². The molecule has 11 heavy (non-hydrogen) atoms. The van der Waals surface area contributed by atoms with Crippen molar-refractivity contribution < 1.29 is 0 Å². The van der Waals surface area contributed by atoms with E-state index in [0.29, 0.717) is 5.54 Å². The molecular formula is C9H20N2. The molecule has 1 atom stereocenters. The SMILES string of the molecule is CCCNCC1(C)CCN1C. The number of likely N-dealkylation sites (N-methyl/N-ethyl adjacent to an activating group) is 1. The van der Waals surface area contributed by atoms with Crippen molar-refractivity contribution in [1.82, 2.24) is 10.2 Å². The minimum Gasteiger partial charge on any atom is -0.315 e. The van der Waals surface area contributed by atoms with Crippen molar-refractivity contribution in [2.75, 3.05) is 26.7 Å². The molecule has 66 valence electrons. The van der Waals surface area contributed by atoms with Gasteiger partial charge in [-0.05, 0) is 33.4 Å². The van der Waals surface area contributed by atoms with E-state index in [9.17, 15) is 0 Å². The van der Waals surface area contributed by atoms with Crippen molar-refractivity contribution in [3.63, 3.8) is 0 Å². The van der Waals surface area contributed by atoms with Crippen molar-refractivity contribution in [2.45, 2.75) is 32.2 Å². The summed E-state index contributed by atoms with van der Waals surface area (Å²) in [5, 5.41) is 3.47. The fourth-order valence-corrected chi connectivity index (χ4v) is 1.47. The Balaban J connectivity index is 2.14. The highest BCUT2D eigenvalue weighted by molar-refractivity contribution is 4.95. The van der Waals surface area contributed by atoms with E-state index < -0.39 is 0 Å². The summed E-state index contributed by atoms with van der Waals surface area (Å²) >= 11 is 0. The summed E-state index contributed by atoms with van der Waals surface area (Å²) in [6.45, 7) is 8.12. The van der Waals surface area contributed by atoms with Gasteiger partial charge in [-0.2, -0.15) is 0 Å². The van der Waals surface area contributed by atoms with Crippen molar-refractivity contribution in [1.29, 1.82) is 0 Å².